The van der Waals surface area contributed by atoms with Gasteiger partial charge in [-0.25, -0.2) is 23.1 Å². The van der Waals surface area contributed by atoms with Crippen LogP contribution in [-0.2, 0) is 17.7 Å². The van der Waals surface area contributed by atoms with Gasteiger partial charge in [0.25, 0.3) is 6.43 Å². The van der Waals surface area contributed by atoms with Crippen molar-refractivity contribution in [1.82, 2.24) is 19.9 Å². The SMILES string of the molecule is Cc1ncnc2c1ccn2[C@@H]1O[C@H]([C@@H](C)c2cc(C(F)F)c(F)c3c2CNCC3)[C@@](C)(O)[C@H]1O. The van der Waals surface area contributed by atoms with Crippen LogP contribution in [0.15, 0.2) is 24.7 Å². The number of aliphatic hydroxyl groups excluding tert-OH is 1. The standard InChI is InChI=1S/C24H27F3N4O3/c1-11(15-8-16(21(26)27)18(25)14-4-6-28-9-17(14)15)20-24(3,33)19(32)23(34-20)31-7-5-13-12(2)29-10-30-22(13)31/h5,7-8,10-11,19-21,23,28,32-33H,4,6,9H2,1-3H3/t11-,19-,20+,23+,24-/m0/s1. The lowest BCUT2D eigenvalue weighted by Gasteiger charge is -2.33. The van der Waals surface area contributed by atoms with Crippen molar-refractivity contribution >= 4 is 11.0 Å². The molecule has 0 aliphatic carbocycles. The first-order valence-corrected chi connectivity index (χ1v) is 11.3. The molecule has 7 nitrogen and oxygen atoms in total. The van der Waals surface area contributed by atoms with Gasteiger partial charge in [-0.3, -0.25) is 0 Å². The molecule has 1 saturated heterocycles. The highest BCUT2D eigenvalue weighted by Gasteiger charge is 2.55. The average molecular weight is 476 g/mol. The Labute approximate surface area is 194 Å². The lowest BCUT2D eigenvalue weighted by Crippen LogP contribution is -2.47. The van der Waals surface area contributed by atoms with E-state index >= 15 is 0 Å². The minimum absolute atomic E-state index is 0.275. The van der Waals surface area contributed by atoms with Crippen molar-refractivity contribution in [2.24, 2.45) is 0 Å². The van der Waals surface area contributed by atoms with Crippen molar-refractivity contribution < 1.29 is 28.1 Å². The van der Waals surface area contributed by atoms with Gasteiger partial charge in [0.1, 0.15) is 29.5 Å². The van der Waals surface area contributed by atoms with Crippen molar-refractivity contribution in [3.05, 3.63) is 58.4 Å². The van der Waals surface area contributed by atoms with Crippen LogP contribution in [-0.4, -0.2) is 49.1 Å². The van der Waals surface area contributed by atoms with Crippen LogP contribution < -0.4 is 5.32 Å². The molecule has 2 aliphatic heterocycles. The predicted octanol–water partition coefficient (Wildman–Crippen LogP) is 3.28. The Hall–Kier alpha value is -2.53. The van der Waals surface area contributed by atoms with Crippen LogP contribution in [0.4, 0.5) is 13.2 Å². The smallest absolute Gasteiger partial charge is 0.266 e. The molecule has 1 aromatic carbocycles. The largest absolute Gasteiger partial charge is 0.385 e. The van der Waals surface area contributed by atoms with Crippen LogP contribution >= 0.6 is 0 Å². The fourth-order valence-electron chi connectivity index (χ4n) is 5.39. The van der Waals surface area contributed by atoms with Gasteiger partial charge >= 0.3 is 0 Å². The molecule has 5 atom stereocenters. The number of ether oxygens (including phenoxy) is 1. The highest BCUT2D eigenvalue weighted by atomic mass is 19.3. The maximum absolute atomic E-state index is 14.8. The van der Waals surface area contributed by atoms with Crippen molar-refractivity contribution in [3.63, 3.8) is 0 Å². The number of aliphatic hydroxyl groups is 2. The molecule has 0 saturated carbocycles. The molecule has 3 N–H and O–H groups in total. The first kappa shape index (κ1) is 23.2. The number of halogens is 3. The number of nitrogens with one attached hydrogen (secondary N) is 1. The van der Waals surface area contributed by atoms with Crippen molar-refractivity contribution in [1.29, 1.82) is 0 Å². The molecule has 2 aromatic heterocycles. The van der Waals surface area contributed by atoms with Gasteiger partial charge in [0.2, 0.25) is 0 Å². The number of nitrogens with zero attached hydrogens (tertiary/aromatic N) is 3. The second-order valence-electron chi connectivity index (χ2n) is 9.38. The molecule has 34 heavy (non-hydrogen) atoms. The molecule has 0 unspecified atom stereocenters. The van der Waals surface area contributed by atoms with Crippen molar-refractivity contribution in [2.45, 2.75) is 70.1 Å². The molecule has 5 rings (SSSR count). The molecule has 2 aliphatic rings. The topological polar surface area (TPSA) is 92.4 Å². The number of hydrogen-bond acceptors (Lipinski definition) is 6. The lowest BCUT2D eigenvalue weighted by molar-refractivity contribution is -0.0706. The van der Waals surface area contributed by atoms with Crippen LogP contribution in [0.25, 0.3) is 11.0 Å². The van der Waals surface area contributed by atoms with E-state index in [1.807, 2.05) is 13.0 Å². The van der Waals surface area contributed by atoms with Gasteiger partial charge in [0.15, 0.2) is 6.23 Å². The summed E-state index contributed by atoms with van der Waals surface area (Å²) in [6.07, 6.45) is -2.78. The van der Waals surface area contributed by atoms with E-state index in [2.05, 4.69) is 15.3 Å². The normalized spacial score (nSPS) is 28.0. The van der Waals surface area contributed by atoms with Gasteiger partial charge in [-0.15, -0.1) is 0 Å². The molecular formula is C24H27F3N4O3. The summed E-state index contributed by atoms with van der Waals surface area (Å²) in [5.74, 6) is -1.48. The second kappa shape index (κ2) is 8.30. The van der Waals surface area contributed by atoms with Crippen molar-refractivity contribution in [2.75, 3.05) is 6.54 Å². The Balaban J connectivity index is 1.56. The van der Waals surface area contributed by atoms with E-state index in [9.17, 15) is 23.4 Å². The third-order valence-corrected chi connectivity index (χ3v) is 7.29. The van der Waals surface area contributed by atoms with E-state index < -0.39 is 47.8 Å². The highest BCUT2D eigenvalue weighted by Crippen LogP contribution is 2.46. The van der Waals surface area contributed by atoms with Crippen LogP contribution in [0.5, 0.6) is 0 Å². The number of aryl methyl sites for hydroxylation is 1. The zero-order valence-electron chi connectivity index (χ0n) is 19.1. The Morgan fingerprint density at radius 2 is 2.03 bits per heavy atom. The molecule has 4 heterocycles. The van der Waals surface area contributed by atoms with Gasteiger partial charge in [0.05, 0.1) is 17.4 Å². The molecule has 0 spiro atoms. The summed E-state index contributed by atoms with van der Waals surface area (Å²) >= 11 is 0. The molecule has 0 bridgehead atoms. The fourth-order valence-corrected chi connectivity index (χ4v) is 5.39. The van der Waals surface area contributed by atoms with Crippen LogP contribution in [0.1, 0.15) is 60.4 Å². The van der Waals surface area contributed by atoms with Crippen LogP contribution in [0.3, 0.4) is 0 Å². The number of alkyl halides is 2. The lowest BCUT2D eigenvalue weighted by atomic mass is 9.79. The van der Waals surface area contributed by atoms with E-state index in [1.165, 1.54) is 19.3 Å². The summed E-state index contributed by atoms with van der Waals surface area (Å²) < 4.78 is 50.0. The first-order valence-electron chi connectivity index (χ1n) is 11.3. The van der Waals surface area contributed by atoms with E-state index in [-0.39, 0.29) is 5.56 Å². The number of aromatic nitrogens is 3. The predicted molar refractivity (Wildman–Crippen MR) is 118 cm³/mol. The first-order chi connectivity index (χ1) is 16.1. The summed E-state index contributed by atoms with van der Waals surface area (Å²) in [7, 11) is 0. The summed E-state index contributed by atoms with van der Waals surface area (Å²) in [6, 6.07) is 2.99. The Morgan fingerprint density at radius 3 is 2.76 bits per heavy atom. The third-order valence-electron chi connectivity index (χ3n) is 7.29. The zero-order valence-corrected chi connectivity index (χ0v) is 19.1. The highest BCUT2D eigenvalue weighted by molar-refractivity contribution is 5.78. The summed E-state index contributed by atoms with van der Waals surface area (Å²) in [5, 5.41) is 26.4. The van der Waals surface area contributed by atoms with E-state index in [0.717, 1.165) is 11.1 Å². The van der Waals surface area contributed by atoms with Gasteiger partial charge in [-0.2, -0.15) is 0 Å². The van der Waals surface area contributed by atoms with Gasteiger partial charge < -0.3 is 24.8 Å². The van der Waals surface area contributed by atoms with Gasteiger partial charge in [-0.1, -0.05) is 6.92 Å². The van der Waals surface area contributed by atoms with Crippen LogP contribution in [0.2, 0.25) is 0 Å². The maximum Gasteiger partial charge on any atom is 0.266 e. The molecule has 10 heteroatoms. The summed E-state index contributed by atoms with van der Waals surface area (Å²) in [4.78, 5) is 8.47. The van der Waals surface area contributed by atoms with Crippen LogP contribution in [0, 0.1) is 12.7 Å². The summed E-state index contributed by atoms with van der Waals surface area (Å²) in [5.41, 5.74) is 0.302. The maximum atomic E-state index is 14.8. The Bertz CT molecular complexity index is 1250. The van der Waals surface area contributed by atoms with Gasteiger partial charge in [0, 0.05) is 24.0 Å². The zero-order chi connectivity index (χ0) is 24.4. The summed E-state index contributed by atoms with van der Waals surface area (Å²) in [6.45, 7) is 5.87. The molecule has 3 aromatic rings. The minimum atomic E-state index is -2.97. The van der Waals surface area contributed by atoms with E-state index in [4.69, 9.17) is 4.74 Å². The quantitative estimate of drug-likeness (QED) is 0.535. The number of benzene rings is 1. The Morgan fingerprint density at radius 1 is 1.26 bits per heavy atom. The number of hydrogen-bond donors (Lipinski definition) is 3. The monoisotopic (exact) mass is 476 g/mol. The molecule has 182 valence electrons. The molecule has 0 radical (unpaired) electrons. The number of rotatable bonds is 4. The minimum Gasteiger partial charge on any atom is -0.385 e. The second-order valence-corrected chi connectivity index (χ2v) is 9.38. The molecule has 0 amide bonds. The Kier molecular flexibility index (Phi) is 5.67. The molecule has 1 fully saturated rings. The fraction of sp³-hybridized carbons (Fsp3) is 0.500. The third kappa shape index (κ3) is 3.43. The molecular weight excluding hydrogens is 449 g/mol. The number of fused-ring (bicyclic) bond motifs is 2. The average Bonchev–Trinajstić information content (AvgIpc) is 3.33. The van der Waals surface area contributed by atoms with Crippen molar-refractivity contribution in [3.8, 4) is 0 Å². The van der Waals surface area contributed by atoms with E-state index in [0.29, 0.717) is 36.3 Å². The van der Waals surface area contributed by atoms with Gasteiger partial charge in [-0.05, 0) is 55.6 Å². The van der Waals surface area contributed by atoms with E-state index in [1.54, 1.807) is 17.7 Å².